The maximum atomic E-state index is 12.3. The lowest BCUT2D eigenvalue weighted by molar-refractivity contribution is 0.324. The van der Waals surface area contributed by atoms with Gasteiger partial charge in [0.25, 0.3) is 0 Å². The average Bonchev–Trinajstić information content (AvgIpc) is 2.86. The molecule has 1 atom stereocenters. The van der Waals surface area contributed by atoms with Crippen LogP contribution in [0.4, 0.5) is 0 Å². The molecule has 0 aliphatic carbocycles. The number of hydrogen-bond acceptors (Lipinski definition) is 4. The van der Waals surface area contributed by atoms with Crippen molar-refractivity contribution in [1.82, 2.24) is 4.57 Å². The molecular weight excluding hydrogens is 292 g/mol. The van der Waals surface area contributed by atoms with Gasteiger partial charge in [0, 0.05) is 23.9 Å². The van der Waals surface area contributed by atoms with Crippen LogP contribution in [0.15, 0.2) is 47.5 Å². The predicted octanol–water partition coefficient (Wildman–Crippen LogP) is 2.41. The Bertz CT molecular complexity index is 725. The van der Waals surface area contributed by atoms with Crippen molar-refractivity contribution in [3.05, 3.63) is 53.9 Å². The Hall–Kier alpha value is -1.68. The number of aromatic nitrogens is 1. The molecule has 0 saturated heterocycles. The molecule has 0 fully saturated rings. The monoisotopic (exact) mass is 306 g/mol. The van der Waals surface area contributed by atoms with Gasteiger partial charge >= 0.3 is 0 Å². The highest BCUT2D eigenvalue weighted by Crippen LogP contribution is 2.14. The van der Waals surface area contributed by atoms with E-state index in [0.29, 0.717) is 17.1 Å². The van der Waals surface area contributed by atoms with Crippen molar-refractivity contribution in [3.63, 3.8) is 0 Å². The molecule has 0 bridgehead atoms. The van der Waals surface area contributed by atoms with E-state index in [1.165, 1.54) is 0 Å². The molecule has 0 N–H and O–H groups in total. The van der Waals surface area contributed by atoms with Gasteiger partial charge in [0.15, 0.2) is 8.77 Å². The SMILES string of the molecule is Cc1ccc(S(=O)(=S)OCCn2cccc2C#N)cc1. The van der Waals surface area contributed by atoms with Crippen LogP contribution in [0, 0.1) is 18.3 Å². The summed E-state index contributed by atoms with van der Waals surface area (Å²) in [6.45, 7) is 2.58. The molecule has 0 aliphatic rings. The second kappa shape index (κ2) is 6.18. The Balaban J connectivity index is 2.00. The van der Waals surface area contributed by atoms with Crippen LogP contribution in [-0.4, -0.2) is 15.4 Å². The van der Waals surface area contributed by atoms with E-state index < -0.39 is 8.77 Å². The summed E-state index contributed by atoms with van der Waals surface area (Å²) in [4.78, 5) is 0.506. The third-order valence-electron chi connectivity index (χ3n) is 2.82. The Labute approximate surface area is 123 Å². The Morgan fingerprint density at radius 3 is 2.70 bits per heavy atom. The molecule has 1 heterocycles. The van der Waals surface area contributed by atoms with Crippen LogP contribution in [0.2, 0.25) is 0 Å². The van der Waals surface area contributed by atoms with Gasteiger partial charge in [-0.15, -0.1) is 0 Å². The van der Waals surface area contributed by atoms with Crippen LogP contribution in [0.3, 0.4) is 0 Å². The first-order chi connectivity index (χ1) is 9.53. The lowest BCUT2D eigenvalue weighted by atomic mass is 10.2. The molecule has 0 saturated carbocycles. The van der Waals surface area contributed by atoms with Crippen LogP contribution >= 0.6 is 0 Å². The number of hydrogen-bond donors (Lipinski definition) is 0. The molecule has 0 spiro atoms. The average molecular weight is 306 g/mol. The van der Waals surface area contributed by atoms with Gasteiger partial charge < -0.3 is 4.57 Å². The molecule has 6 heteroatoms. The van der Waals surface area contributed by atoms with Gasteiger partial charge in [-0.1, -0.05) is 17.7 Å². The van der Waals surface area contributed by atoms with E-state index in [-0.39, 0.29) is 6.61 Å². The molecule has 1 aromatic heterocycles. The van der Waals surface area contributed by atoms with Crippen LogP contribution in [0.25, 0.3) is 0 Å². The minimum absolute atomic E-state index is 0.194. The van der Waals surface area contributed by atoms with E-state index in [4.69, 9.17) is 20.6 Å². The lowest BCUT2D eigenvalue weighted by Crippen LogP contribution is -2.11. The Morgan fingerprint density at radius 2 is 2.05 bits per heavy atom. The van der Waals surface area contributed by atoms with Gasteiger partial charge in [-0.3, -0.25) is 4.18 Å². The molecule has 4 nitrogen and oxygen atoms in total. The largest absolute Gasteiger partial charge is 0.337 e. The normalized spacial score (nSPS) is 13.6. The molecule has 20 heavy (non-hydrogen) atoms. The van der Waals surface area contributed by atoms with Gasteiger partial charge in [-0.2, -0.15) is 5.26 Å². The third-order valence-corrected chi connectivity index (χ3v) is 5.02. The minimum atomic E-state index is -2.91. The first-order valence-electron chi connectivity index (χ1n) is 6.04. The van der Waals surface area contributed by atoms with E-state index >= 15 is 0 Å². The predicted molar refractivity (Wildman–Crippen MR) is 80.1 cm³/mol. The fourth-order valence-electron chi connectivity index (χ4n) is 1.73. The quantitative estimate of drug-likeness (QED) is 0.851. The molecule has 0 aliphatic heterocycles. The summed E-state index contributed by atoms with van der Waals surface area (Å²) in [6.07, 6.45) is 1.78. The number of rotatable bonds is 5. The Kier molecular flexibility index (Phi) is 4.55. The molecule has 104 valence electrons. The molecule has 2 rings (SSSR count). The summed E-state index contributed by atoms with van der Waals surface area (Å²) in [6, 6.07) is 12.7. The van der Waals surface area contributed by atoms with Crippen molar-refractivity contribution in [2.75, 3.05) is 6.61 Å². The molecular formula is C14H14N2O2S2. The van der Waals surface area contributed by atoms with Crippen molar-refractivity contribution >= 4 is 20.0 Å². The first kappa shape index (κ1) is 14.7. The summed E-state index contributed by atoms with van der Waals surface area (Å²) in [5.41, 5.74) is 1.62. The van der Waals surface area contributed by atoms with Gasteiger partial charge in [0.2, 0.25) is 0 Å². The Morgan fingerprint density at radius 1 is 1.35 bits per heavy atom. The molecule has 1 aromatic carbocycles. The van der Waals surface area contributed by atoms with Gasteiger partial charge in [-0.05, 0) is 31.2 Å². The number of benzene rings is 1. The molecule has 0 radical (unpaired) electrons. The molecule has 0 amide bonds. The van der Waals surface area contributed by atoms with Crippen molar-refractivity contribution in [2.45, 2.75) is 18.4 Å². The van der Waals surface area contributed by atoms with Crippen molar-refractivity contribution in [3.8, 4) is 6.07 Å². The number of nitriles is 1. The van der Waals surface area contributed by atoms with E-state index in [2.05, 4.69) is 6.07 Å². The van der Waals surface area contributed by atoms with E-state index in [0.717, 1.165) is 5.56 Å². The maximum absolute atomic E-state index is 12.3. The van der Waals surface area contributed by atoms with Crippen molar-refractivity contribution in [2.24, 2.45) is 0 Å². The van der Waals surface area contributed by atoms with Gasteiger partial charge in [0.1, 0.15) is 11.8 Å². The highest BCUT2D eigenvalue weighted by Gasteiger charge is 2.10. The minimum Gasteiger partial charge on any atom is -0.337 e. The zero-order valence-electron chi connectivity index (χ0n) is 11.0. The topological polar surface area (TPSA) is 55.0 Å². The highest BCUT2D eigenvalue weighted by atomic mass is 32.8. The third kappa shape index (κ3) is 3.45. The fraction of sp³-hybridized carbons (Fsp3) is 0.214. The van der Waals surface area contributed by atoms with Crippen LogP contribution in [-0.2, 0) is 30.7 Å². The van der Waals surface area contributed by atoms with Gasteiger partial charge in [0.05, 0.1) is 11.5 Å². The highest BCUT2D eigenvalue weighted by molar-refractivity contribution is 8.30. The lowest BCUT2D eigenvalue weighted by Gasteiger charge is -2.10. The van der Waals surface area contributed by atoms with E-state index in [1.807, 2.05) is 19.1 Å². The van der Waals surface area contributed by atoms with Crippen molar-refractivity contribution in [1.29, 1.82) is 5.26 Å². The van der Waals surface area contributed by atoms with Crippen LogP contribution in [0.1, 0.15) is 11.3 Å². The first-order valence-corrected chi connectivity index (χ1v) is 8.45. The fourth-order valence-corrected chi connectivity index (χ4v) is 3.17. The van der Waals surface area contributed by atoms with Crippen molar-refractivity contribution < 1.29 is 8.39 Å². The number of aryl methyl sites for hydroxylation is 1. The van der Waals surface area contributed by atoms with Gasteiger partial charge in [-0.25, -0.2) is 4.21 Å². The molecule has 1 unspecified atom stereocenters. The zero-order valence-corrected chi connectivity index (χ0v) is 12.6. The number of nitrogens with zero attached hydrogens (tertiary/aromatic N) is 2. The standard InChI is InChI=1S/C14H14N2O2S2/c1-12-4-6-14(7-5-12)20(17,19)18-10-9-16-8-2-3-13(16)11-15/h2-8H,9-10H2,1H3. The van der Waals surface area contributed by atoms with Crippen LogP contribution in [0.5, 0.6) is 0 Å². The maximum Gasteiger partial charge on any atom is 0.173 e. The zero-order chi connectivity index (χ0) is 14.6. The summed E-state index contributed by atoms with van der Waals surface area (Å²) >= 11 is 5.04. The second-order valence-corrected chi connectivity index (χ2v) is 7.22. The smallest absolute Gasteiger partial charge is 0.173 e. The molecule has 2 aromatic rings. The van der Waals surface area contributed by atoms with Crippen LogP contribution < -0.4 is 0 Å². The summed E-state index contributed by atoms with van der Waals surface area (Å²) in [7, 11) is -2.91. The van der Waals surface area contributed by atoms with E-state index in [9.17, 15) is 4.21 Å². The second-order valence-electron chi connectivity index (χ2n) is 4.29. The summed E-state index contributed by atoms with van der Waals surface area (Å²) in [5, 5.41) is 8.88. The summed E-state index contributed by atoms with van der Waals surface area (Å²) in [5.74, 6) is 0. The van der Waals surface area contributed by atoms with E-state index in [1.54, 1.807) is 35.0 Å². The summed E-state index contributed by atoms with van der Waals surface area (Å²) < 4.78 is 19.4.